The van der Waals surface area contributed by atoms with Crippen LogP contribution in [0.3, 0.4) is 0 Å². The topological polar surface area (TPSA) is 64.4 Å². The van der Waals surface area contributed by atoms with Crippen molar-refractivity contribution in [2.75, 3.05) is 17.3 Å². The summed E-state index contributed by atoms with van der Waals surface area (Å²) in [7, 11) is 0. The zero-order valence-corrected chi connectivity index (χ0v) is 13.6. The molecule has 1 rings (SSSR count). The van der Waals surface area contributed by atoms with E-state index in [1.807, 2.05) is 20.1 Å². The molecule has 3 N–H and O–H groups in total. The molecule has 112 valence electrons. The van der Waals surface area contributed by atoms with Crippen LogP contribution in [-0.4, -0.2) is 30.1 Å². The van der Waals surface area contributed by atoms with Crippen LogP contribution in [0.5, 0.6) is 5.75 Å². The average molecular weight is 317 g/mol. The summed E-state index contributed by atoms with van der Waals surface area (Å²) in [5.74, 6) is 1.26. The maximum absolute atomic E-state index is 11.9. The molecule has 0 aromatic heterocycles. The molecular weight excluding hydrogens is 296 g/mol. The van der Waals surface area contributed by atoms with Crippen molar-refractivity contribution in [3.8, 4) is 5.75 Å². The van der Waals surface area contributed by atoms with Crippen molar-refractivity contribution in [1.82, 2.24) is 0 Å². The standard InChI is InChI=1S/C14H21ClN2O2S/c1-9(2)19-13-5-4-10(8-11(13)15)17-14(18)12(16)6-7-20-3/h4-5,8-9,12H,6-7,16H2,1-3H3,(H,17,18)/t12-/m0/s1. The highest BCUT2D eigenvalue weighted by Crippen LogP contribution is 2.28. The molecule has 0 unspecified atom stereocenters. The molecule has 20 heavy (non-hydrogen) atoms. The zero-order valence-electron chi connectivity index (χ0n) is 12.0. The number of carbonyl (C=O) groups is 1. The fraction of sp³-hybridized carbons (Fsp3) is 0.500. The second-order valence-corrected chi connectivity index (χ2v) is 6.08. The van der Waals surface area contributed by atoms with E-state index >= 15 is 0 Å². The summed E-state index contributed by atoms with van der Waals surface area (Å²) in [6, 6.07) is 4.65. The molecule has 1 aromatic carbocycles. The molecule has 0 saturated heterocycles. The number of amides is 1. The summed E-state index contributed by atoms with van der Waals surface area (Å²) >= 11 is 7.78. The first-order chi connectivity index (χ1) is 9.43. The minimum absolute atomic E-state index is 0.0490. The zero-order chi connectivity index (χ0) is 15.1. The fourth-order valence-corrected chi connectivity index (χ4v) is 2.25. The number of anilines is 1. The van der Waals surface area contributed by atoms with Gasteiger partial charge in [-0.25, -0.2) is 0 Å². The Morgan fingerprint density at radius 2 is 2.20 bits per heavy atom. The molecule has 0 spiro atoms. The maximum Gasteiger partial charge on any atom is 0.241 e. The third-order valence-electron chi connectivity index (χ3n) is 2.53. The van der Waals surface area contributed by atoms with Crippen LogP contribution in [0.1, 0.15) is 20.3 Å². The lowest BCUT2D eigenvalue weighted by Gasteiger charge is -2.14. The van der Waals surface area contributed by atoms with Crippen molar-refractivity contribution >= 4 is 35.0 Å². The van der Waals surface area contributed by atoms with Gasteiger partial charge in [-0.2, -0.15) is 11.8 Å². The van der Waals surface area contributed by atoms with Gasteiger partial charge < -0.3 is 15.8 Å². The molecule has 1 amide bonds. The van der Waals surface area contributed by atoms with Gasteiger partial charge in [-0.15, -0.1) is 0 Å². The summed E-state index contributed by atoms with van der Waals surface area (Å²) in [4.78, 5) is 11.9. The first-order valence-electron chi connectivity index (χ1n) is 6.45. The molecule has 1 atom stereocenters. The van der Waals surface area contributed by atoms with Gasteiger partial charge in [-0.05, 0) is 50.5 Å². The number of hydrogen-bond donors (Lipinski definition) is 2. The van der Waals surface area contributed by atoms with Crippen molar-refractivity contribution in [1.29, 1.82) is 0 Å². The summed E-state index contributed by atoms with van der Waals surface area (Å²) in [6.07, 6.45) is 2.68. The molecule has 0 radical (unpaired) electrons. The van der Waals surface area contributed by atoms with Crippen molar-refractivity contribution in [3.05, 3.63) is 23.2 Å². The van der Waals surface area contributed by atoms with Crippen LogP contribution in [0, 0.1) is 0 Å². The van der Waals surface area contributed by atoms with Crippen LogP contribution in [0.4, 0.5) is 5.69 Å². The summed E-state index contributed by atoms with van der Waals surface area (Å²) in [5, 5.41) is 3.23. The first-order valence-corrected chi connectivity index (χ1v) is 8.22. The van der Waals surface area contributed by atoms with Gasteiger partial charge in [0.2, 0.25) is 5.91 Å². The predicted octanol–water partition coefficient (Wildman–Crippen LogP) is 3.15. The molecule has 0 heterocycles. The SMILES string of the molecule is CSCC[C@H](N)C(=O)Nc1ccc(OC(C)C)c(Cl)c1. The monoisotopic (exact) mass is 316 g/mol. The number of thioether (sulfide) groups is 1. The van der Waals surface area contributed by atoms with E-state index < -0.39 is 6.04 Å². The van der Waals surface area contributed by atoms with Gasteiger partial charge in [0, 0.05) is 5.69 Å². The Bertz CT molecular complexity index is 455. The molecule has 0 aliphatic rings. The third-order valence-corrected chi connectivity index (χ3v) is 3.47. The van der Waals surface area contributed by atoms with Crippen LogP contribution in [-0.2, 0) is 4.79 Å². The molecule has 0 fully saturated rings. The Labute approximate surface area is 129 Å². The van der Waals surface area contributed by atoms with Crippen LogP contribution < -0.4 is 15.8 Å². The average Bonchev–Trinajstić information content (AvgIpc) is 2.38. The van der Waals surface area contributed by atoms with E-state index in [2.05, 4.69) is 5.32 Å². The van der Waals surface area contributed by atoms with Gasteiger partial charge in [0.1, 0.15) is 5.75 Å². The molecule has 0 aliphatic heterocycles. The van der Waals surface area contributed by atoms with Gasteiger partial charge in [0.25, 0.3) is 0 Å². The number of hydrogen-bond acceptors (Lipinski definition) is 4. The van der Waals surface area contributed by atoms with E-state index in [9.17, 15) is 4.79 Å². The minimum atomic E-state index is -0.507. The lowest BCUT2D eigenvalue weighted by molar-refractivity contribution is -0.117. The number of carbonyl (C=O) groups excluding carboxylic acids is 1. The van der Waals surface area contributed by atoms with Crippen LogP contribution >= 0.6 is 23.4 Å². The van der Waals surface area contributed by atoms with Gasteiger partial charge in [-0.1, -0.05) is 11.6 Å². The largest absolute Gasteiger partial charge is 0.489 e. The van der Waals surface area contributed by atoms with E-state index in [-0.39, 0.29) is 12.0 Å². The van der Waals surface area contributed by atoms with E-state index in [0.717, 1.165) is 5.75 Å². The highest BCUT2D eigenvalue weighted by atomic mass is 35.5. The van der Waals surface area contributed by atoms with E-state index in [4.69, 9.17) is 22.1 Å². The number of halogens is 1. The molecule has 4 nitrogen and oxygen atoms in total. The molecule has 1 aromatic rings. The second kappa shape index (κ2) is 8.39. The Balaban J connectivity index is 2.64. The number of ether oxygens (including phenoxy) is 1. The molecular formula is C14H21ClN2O2S. The van der Waals surface area contributed by atoms with Crippen molar-refractivity contribution < 1.29 is 9.53 Å². The molecule has 0 saturated carbocycles. The lowest BCUT2D eigenvalue weighted by Crippen LogP contribution is -2.36. The van der Waals surface area contributed by atoms with Crippen LogP contribution in [0.15, 0.2) is 18.2 Å². The quantitative estimate of drug-likeness (QED) is 0.811. The normalized spacial score (nSPS) is 12.3. The molecule has 0 aliphatic carbocycles. The molecule has 6 heteroatoms. The Kier molecular flexibility index (Phi) is 7.19. The van der Waals surface area contributed by atoms with Crippen molar-refractivity contribution in [3.63, 3.8) is 0 Å². The van der Waals surface area contributed by atoms with E-state index in [1.165, 1.54) is 0 Å². The summed E-state index contributed by atoms with van der Waals surface area (Å²) < 4.78 is 5.53. The maximum atomic E-state index is 11.9. The van der Waals surface area contributed by atoms with Gasteiger partial charge in [0.15, 0.2) is 0 Å². The third kappa shape index (κ3) is 5.61. The second-order valence-electron chi connectivity index (χ2n) is 4.69. The lowest BCUT2D eigenvalue weighted by atomic mass is 10.2. The van der Waals surface area contributed by atoms with E-state index in [1.54, 1.807) is 30.0 Å². The number of nitrogens with two attached hydrogens (primary N) is 1. The van der Waals surface area contributed by atoms with Gasteiger partial charge in [-0.3, -0.25) is 4.79 Å². The number of nitrogens with one attached hydrogen (secondary N) is 1. The number of rotatable bonds is 7. The highest BCUT2D eigenvalue weighted by molar-refractivity contribution is 7.98. The Hall–Kier alpha value is -0.910. The smallest absolute Gasteiger partial charge is 0.241 e. The van der Waals surface area contributed by atoms with Crippen molar-refractivity contribution in [2.45, 2.75) is 32.4 Å². The number of benzene rings is 1. The van der Waals surface area contributed by atoms with Crippen LogP contribution in [0.25, 0.3) is 0 Å². The fourth-order valence-electron chi connectivity index (χ4n) is 1.54. The summed E-state index contributed by atoms with van der Waals surface area (Å²) in [6.45, 7) is 3.85. The molecule has 0 bridgehead atoms. The first kappa shape index (κ1) is 17.1. The predicted molar refractivity (Wildman–Crippen MR) is 86.8 cm³/mol. The van der Waals surface area contributed by atoms with Crippen molar-refractivity contribution in [2.24, 2.45) is 5.73 Å². The Morgan fingerprint density at radius 1 is 1.50 bits per heavy atom. The highest BCUT2D eigenvalue weighted by Gasteiger charge is 2.14. The minimum Gasteiger partial charge on any atom is -0.489 e. The summed E-state index contributed by atoms with van der Waals surface area (Å²) in [5.41, 5.74) is 6.42. The van der Waals surface area contributed by atoms with Gasteiger partial charge in [0.05, 0.1) is 17.2 Å². The van der Waals surface area contributed by atoms with Crippen LogP contribution in [0.2, 0.25) is 5.02 Å². The Morgan fingerprint density at radius 3 is 2.75 bits per heavy atom. The van der Waals surface area contributed by atoms with E-state index in [0.29, 0.717) is 22.9 Å². The van der Waals surface area contributed by atoms with Gasteiger partial charge >= 0.3 is 0 Å².